The Balaban J connectivity index is 1.65. The van der Waals surface area contributed by atoms with Gasteiger partial charge in [0.1, 0.15) is 5.71 Å². The lowest BCUT2D eigenvalue weighted by Crippen LogP contribution is -2.46. The normalized spacial score (nSPS) is 11.9. The van der Waals surface area contributed by atoms with Crippen molar-refractivity contribution >= 4 is 23.2 Å². The molecule has 2 aromatic carbocycles. The highest BCUT2D eigenvalue weighted by molar-refractivity contribution is 6.43. The van der Waals surface area contributed by atoms with Crippen LogP contribution < -0.4 is 16.4 Å². The van der Waals surface area contributed by atoms with Crippen LogP contribution >= 0.6 is 0 Å². The fourth-order valence-electron chi connectivity index (χ4n) is 3.94. The second kappa shape index (κ2) is 12.9. The van der Waals surface area contributed by atoms with Crippen molar-refractivity contribution in [2.75, 3.05) is 0 Å². The van der Waals surface area contributed by atoms with Crippen LogP contribution in [0.4, 0.5) is 0 Å². The van der Waals surface area contributed by atoms with Crippen LogP contribution in [0.1, 0.15) is 68.6 Å². The first-order valence-corrected chi connectivity index (χ1v) is 12.9. The first kappa shape index (κ1) is 28.4. The molecule has 200 valence electrons. The van der Waals surface area contributed by atoms with Gasteiger partial charge in [0.25, 0.3) is 11.8 Å². The van der Waals surface area contributed by atoms with E-state index in [0.717, 1.165) is 25.7 Å². The SMILES string of the molecule is CCC(CC)NC(=O)c1cnc(-c2cccc(/C(N)=C/C(=N)C(=O)NC(C)(C)CCc3ccccc3)c2)o1. The number of benzene rings is 2. The molecule has 8 nitrogen and oxygen atoms in total. The van der Waals surface area contributed by atoms with Crippen molar-refractivity contribution in [1.82, 2.24) is 15.6 Å². The predicted molar refractivity (Wildman–Crippen MR) is 151 cm³/mol. The van der Waals surface area contributed by atoms with E-state index in [4.69, 9.17) is 15.6 Å². The van der Waals surface area contributed by atoms with Gasteiger partial charge in [0.15, 0.2) is 0 Å². The Labute approximate surface area is 224 Å². The summed E-state index contributed by atoms with van der Waals surface area (Å²) in [6.45, 7) is 7.90. The molecule has 1 aromatic heterocycles. The molecule has 0 fully saturated rings. The standard InChI is InChI=1S/C30H37N5O3/c1-5-23(6-2)34-28(37)26-19-33-29(38-26)22-14-10-13-21(17-22)24(31)18-25(32)27(36)35-30(3,4)16-15-20-11-8-7-9-12-20/h7-14,17-19,23,32H,5-6,15-16,31H2,1-4H3,(H,34,37)(H,35,36)/b24-18-,32-25?. The molecule has 0 bridgehead atoms. The largest absolute Gasteiger partial charge is 0.431 e. The third kappa shape index (κ3) is 7.90. The Morgan fingerprint density at radius 2 is 1.82 bits per heavy atom. The number of carbonyl (C=O) groups excluding carboxylic acids is 2. The van der Waals surface area contributed by atoms with Crippen molar-refractivity contribution in [1.29, 1.82) is 5.41 Å². The van der Waals surface area contributed by atoms with Gasteiger partial charge in [-0.2, -0.15) is 0 Å². The van der Waals surface area contributed by atoms with E-state index in [1.165, 1.54) is 17.8 Å². The molecule has 1 heterocycles. The smallest absolute Gasteiger partial charge is 0.288 e. The van der Waals surface area contributed by atoms with Gasteiger partial charge in [0, 0.05) is 22.8 Å². The third-order valence-corrected chi connectivity index (χ3v) is 6.37. The molecule has 0 atom stereocenters. The molecule has 3 aromatic rings. The maximum atomic E-state index is 12.7. The second-order valence-corrected chi connectivity index (χ2v) is 9.93. The summed E-state index contributed by atoms with van der Waals surface area (Å²) < 4.78 is 5.70. The molecule has 2 amide bonds. The molecule has 5 N–H and O–H groups in total. The molecule has 38 heavy (non-hydrogen) atoms. The van der Waals surface area contributed by atoms with E-state index in [0.29, 0.717) is 11.1 Å². The maximum absolute atomic E-state index is 12.7. The molecule has 8 heteroatoms. The fraction of sp³-hybridized carbons (Fsp3) is 0.333. The number of nitrogens with one attached hydrogen (secondary N) is 3. The number of oxazole rings is 1. The van der Waals surface area contributed by atoms with Crippen LogP contribution in [0.15, 0.2) is 71.3 Å². The molecular weight excluding hydrogens is 478 g/mol. The zero-order chi connectivity index (χ0) is 27.7. The Kier molecular flexibility index (Phi) is 9.60. The third-order valence-electron chi connectivity index (χ3n) is 6.37. The number of nitrogens with zero attached hydrogens (tertiary/aromatic N) is 1. The van der Waals surface area contributed by atoms with Gasteiger partial charge >= 0.3 is 0 Å². The van der Waals surface area contributed by atoms with E-state index in [1.807, 2.05) is 45.9 Å². The van der Waals surface area contributed by atoms with E-state index in [9.17, 15) is 9.59 Å². The van der Waals surface area contributed by atoms with E-state index in [-0.39, 0.29) is 35.0 Å². The molecule has 0 aliphatic heterocycles. The summed E-state index contributed by atoms with van der Waals surface area (Å²) in [6, 6.07) is 17.2. The number of aryl methyl sites for hydroxylation is 1. The average Bonchev–Trinajstić information content (AvgIpc) is 3.41. The number of nitrogens with two attached hydrogens (primary N) is 1. The van der Waals surface area contributed by atoms with Crippen molar-refractivity contribution in [3.63, 3.8) is 0 Å². The molecule has 0 saturated carbocycles. The summed E-state index contributed by atoms with van der Waals surface area (Å²) in [7, 11) is 0. The second-order valence-electron chi connectivity index (χ2n) is 9.93. The molecular formula is C30H37N5O3. The van der Waals surface area contributed by atoms with E-state index < -0.39 is 11.4 Å². The van der Waals surface area contributed by atoms with Crippen LogP contribution in [0.2, 0.25) is 0 Å². The molecule has 0 spiro atoms. The monoisotopic (exact) mass is 515 g/mol. The Bertz CT molecular complexity index is 1290. The van der Waals surface area contributed by atoms with E-state index >= 15 is 0 Å². The number of rotatable bonds is 12. The molecule has 3 rings (SSSR count). The predicted octanol–water partition coefficient (Wildman–Crippen LogP) is 5.11. The van der Waals surface area contributed by atoms with Gasteiger partial charge < -0.3 is 20.8 Å². The van der Waals surface area contributed by atoms with Gasteiger partial charge in [0.05, 0.1) is 6.20 Å². The lowest BCUT2D eigenvalue weighted by Gasteiger charge is -2.26. The highest BCUT2D eigenvalue weighted by Crippen LogP contribution is 2.23. The molecule has 0 unspecified atom stereocenters. The van der Waals surface area contributed by atoms with Crippen molar-refractivity contribution in [3.8, 4) is 11.5 Å². The first-order chi connectivity index (χ1) is 18.1. The number of hydrogen-bond acceptors (Lipinski definition) is 6. The number of hydrogen-bond donors (Lipinski definition) is 4. The Hall–Kier alpha value is -4.20. The minimum Gasteiger partial charge on any atom is -0.431 e. The van der Waals surface area contributed by atoms with Crippen LogP contribution in [0, 0.1) is 5.41 Å². The quantitative estimate of drug-likeness (QED) is 0.249. The highest BCUT2D eigenvalue weighted by Gasteiger charge is 2.22. The topological polar surface area (TPSA) is 134 Å². The van der Waals surface area contributed by atoms with Gasteiger partial charge in [-0.05, 0) is 68.9 Å². The van der Waals surface area contributed by atoms with Gasteiger partial charge in [-0.25, -0.2) is 4.98 Å². The highest BCUT2D eigenvalue weighted by atomic mass is 16.4. The molecule has 0 aliphatic rings. The minimum atomic E-state index is -0.497. The maximum Gasteiger partial charge on any atom is 0.288 e. The van der Waals surface area contributed by atoms with Crippen LogP contribution in [0.25, 0.3) is 17.2 Å². The summed E-state index contributed by atoms with van der Waals surface area (Å²) in [5, 5.41) is 14.1. The Morgan fingerprint density at radius 3 is 2.50 bits per heavy atom. The zero-order valence-corrected chi connectivity index (χ0v) is 22.5. The van der Waals surface area contributed by atoms with Crippen LogP contribution in [0.3, 0.4) is 0 Å². The van der Waals surface area contributed by atoms with Crippen molar-refractivity contribution in [2.24, 2.45) is 5.73 Å². The van der Waals surface area contributed by atoms with Gasteiger partial charge in [-0.15, -0.1) is 0 Å². The average molecular weight is 516 g/mol. The fourth-order valence-corrected chi connectivity index (χ4v) is 3.94. The summed E-state index contributed by atoms with van der Waals surface area (Å²) in [5.74, 6) is -0.390. The molecule has 0 radical (unpaired) electrons. The molecule has 0 saturated heterocycles. The summed E-state index contributed by atoms with van der Waals surface area (Å²) >= 11 is 0. The van der Waals surface area contributed by atoms with Crippen molar-refractivity contribution in [3.05, 3.63) is 83.8 Å². The lowest BCUT2D eigenvalue weighted by atomic mass is 9.95. The van der Waals surface area contributed by atoms with Crippen molar-refractivity contribution < 1.29 is 14.0 Å². The number of aromatic nitrogens is 1. The van der Waals surface area contributed by atoms with E-state index in [1.54, 1.807) is 24.3 Å². The summed E-state index contributed by atoms with van der Waals surface area (Å²) in [4.78, 5) is 29.4. The van der Waals surface area contributed by atoms with Gasteiger partial charge in [-0.1, -0.05) is 56.3 Å². The van der Waals surface area contributed by atoms with Gasteiger partial charge in [0.2, 0.25) is 11.7 Å². The minimum absolute atomic E-state index is 0.0752. The van der Waals surface area contributed by atoms with E-state index in [2.05, 4.69) is 27.8 Å². The van der Waals surface area contributed by atoms with Crippen LogP contribution in [-0.2, 0) is 11.2 Å². The van der Waals surface area contributed by atoms with Crippen molar-refractivity contribution in [2.45, 2.75) is 65.0 Å². The lowest BCUT2D eigenvalue weighted by molar-refractivity contribution is -0.116. The van der Waals surface area contributed by atoms with Crippen LogP contribution in [0.5, 0.6) is 0 Å². The first-order valence-electron chi connectivity index (χ1n) is 12.9. The molecule has 0 aliphatic carbocycles. The van der Waals surface area contributed by atoms with Gasteiger partial charge in [-0.3, -0.25) is 15.0 Å². The summed E-state index contributed by atoms with van der Waals surface area (Å²) in [5.41, 5.74) is 8.18. The summed E-state index contributed by atoms with van der Waals surface area (Å²) in [6.07, 6.45) is 5.94. The van der Waals surface area contributed by atoms with Crippen LogP contribution in [-0.4, -0.2) is 34.1 Å². The number of amides is 2. The zero-order valence-electron chi connectivity index (χ0n) is 22.5. The Morgan fingerprint density at radius 1 is 1.11 bits per heavy atom. The number of carbonyl (C=O) groups is 2.